The zero-order valence-electron chi connectivity index (χ0n) is 11.6. The molecule has 0 aliphatic heterocycles. The molecule has 0 saturated heterocycles. The van der Waals surface area contributed by atoms with Gasteiger partial charge in [-0.05, 0) is 38.1 Å². The maximum atomic E-state index is 4.59. The van der Waals surface area contributed by atoms with Gasteiger partial charge in [0.1, 0.15) is 5.82 Å². The molecule has 3 heterocycles. The summed E-state index contributed by atoms with van der Waals surface area (Å²) in [7, 11) is 0. The topological polar surface area (TPSA) is 59.2 Å². The van der Waals surface area contributed by atoms with Crippen LogP contribution in [0.2, 0.25) is 0 Å². The Balaban J connectivity index is 1.92. The fourth-order valence-corrected chi connectivity index (χ4v) is 2.10. The fourth-order valence-electron chi connectivity index (χ4n) is 2.10. The Labute approximate surface area is 117 Å². The molecule has 0 fully saturated rings. The highest BCUT2D eigenvalue weighted by molar-refractivity contribution is 5.45. The molecule has 3 rings (SSSR count). The predicted octanol–water partition coefficient (Wildman–Crippen LogP) is 1.85. The zero-order valence-corrected chi connectivity index (χ0v) is 11.6. The predicted molar refractivity (Wildman–Crippen MR) is 76.5 cm³/mol. The van der Waals surface area contributed by atoms with E-state index in [-0.39, 0.29) is 0 Å². The van der Waals surface area contributed by atoms with Gasteiger partial charge in [-0.25, -0.2) is 0 Å². The van der Waals surface area contributed by atoms with Crippen molar-refractivity contribution in [3.63, 3.8) is 0 Å². The Hall–Kier alpha value is -2.50. The normalized spacial score (nSPS) is 10.9. The van der Waals surface area contributed by atoms with Gasteiger partial charge in [0.05, 0.1) is 12.2 Å². The second-order valence-electron chi connectivity index (χ2n) is 4.54. The van der Waals surface area contributed by atoms with Crippen LogP contribution in [-0.2, 0) is 6.54 Å². The molecule has 0 bridgehead atoms. The van der Waals surface area contributed by atoms with Gasteiger partial charge in [-0.1, -0.05) is 6.07 Å². The van der Waals surface area contributed by atoms with Crippen molar-refractivity contribution in [2.75, 3.05) is 11.4 Å². The summed E-state index contributed by atoms with van der Waals surface area (Å²) < 4.78 is 1.76. The smallest absolute Gasteiger partial charge is 0.178 e. The number of nitrogens with zero attached hydrogens (tertiary/aromatic N) is 6. The monoisotopic (exact) mass is 268 g/mol. The van der Waals surface area contributed by atoms with Crippen molar-refractivity contribution in [1.29, 1.82) is 0 Å². The van der Waals surface area contributed by atoms with Crippen LogP contribution in [-0.4, -0.2) is 31.3 Å². The highest BCUT2D eigenvalue weighted by Crippen LogP contribution is 2.14. The maximum Gasteiger partial charge on any atom is 0.178 e. The molecule has 20 heavy (non-hydrogen) atoms. The summed E-state index contributed by atoms with van der Waals surface area (Å²) in [5, 5.41) is 12.7. The first-order valence-corrected chi connectivity index (χ1v) is 6.62. The molecule has 0 saturated carbocycles. The first-order valence-electron chi connectivity index (χ1n) is 6.62. The minimum absolute atomic E-state index is 0.733. The van der Waals surface area contributed by atoms with Gasteiger partial charge in [-0.15, -0.1) is 15.3 Å². The largest absolute Gasteiger partial charge is 0.350 e. The first-order chi connectivity index (χ1) is 9.78. The summed E-state index contributed by atoms with van der Waals surface area (Å²) >= 11 is 0. The number of anilines is 1. The lowest BCUT2D eigenvalue weighted by atomic mass is 10.3. The number of pyridine rings is 1. The highest BCUT2D eigenvalue weighted by atomic mass is 15.4. The molecule has 102 valence electrons. The summed E-state index contributed by atoms with van der Waals surface area (Å²) in [6.45, 7) is 5.59. The minimum atomic E-state index is 0.733. The van der Waals surface area contributed by atoms with E-state index in [2.05, 4.69) is 32.1 Å². The molecule has 0 spiro atoms. The van der Waals surface area contributed by atoms with Gasteiger partial charge in [-0.2, -0.15) is 4.52 Å². The molecular weight excluding hydrogens is 252 g/mol. The molecule has 0 unspecified atom stereocenters. The van der Waals surface area contributed by atoms with E-state index in [9.17, 15) is 0 Å². The number of aromatic nitrogens is 5. The summed E-state index contributed by atoms with van der Waals surface area (Å²) in [6.07, 6.45) is 1.81. The van der Waals surface area contributed by atoms with Crippen molar-refractivity contribution in [3.05, 3.63) is 48.0 Å². The van der Waals surface area contributed by atoms with Gasteiger partial charge in [0.15, 0.2) is 11.5 Å². The number of hydrogen-bond acceptors (Lipinski definition) is 5. The van der Waals surface area contributed by atoms with Gasteiger partial charge < -0.3 is 4.90 Å². The molecule has 0 aliphatic rings. The third-order valence-corrected chi connectivity index (χ3v) is 3.19. The van der Waals surface area contributed by atoms with E-state index in [1.807, 2.05) is 43.5 Å². The molecule has 3 aromatic rings. The Kier molecular flexibility index (Phi) is 3.28. The Morgan fingerprint density at radius 2 is 2.05 bits per heavy atom. The van der Waals surface area contributed by atoms with E-state index in [1.165, 1.54) is 0 Å². The molecular formula is C14H16N6. The maximum absolute atomic E-state index is 4.59. The van der Waals surface area contributed by atoms with Gasteiger partial charge in [0.2, 0.25) is 0 Å². The zero-order chi connectivity index (χ0) is 13.9. The standard InChI is InChI=1S/C14H16N6/c1-3-19(10-12-6-4-5-9-15-12)14-8-7-13-17-16-11(2)20(13)18-14/h4-9H,3,10H2,1-2H3. The fraction of sp³-hybridized carbons (Fsp3) is 0.286. The second kappa shape index (κ2) is 5.24. The van der Waals surface area contributed by atoms with Crippen LogP contribution in [0.1, 0.15) is 18.4 Å². The average Bonchev–Trinajstić information content (AvgIpc) is 2.87. The lowest BCUT2D eigenvalue weighted by Gasteiger charge is -2.21. The average molecular weight is 268 g/mol. The number of fused-ring (bicyclic) bond motifs is 1. The van der Waals surface area contributed by atoms with Crippen LogP contribution in [0, 0.1) is 6.92 Å². The quantitative estimate of drug-likeness (QED) is 0.722. The minimum Gasteiger partial charge on any atom is -0.350 e. The summed E-state index contributed by atoms with van der Waals surface area (Å²) in [5.74, 6) is 1.68. The van der Waals surface area contributed by atoms with Gasteiger partial charge in [0, 0.05) is 12.7 Å². The van der Waals surface area contributed by atoms with Crippen molar-refractivity contribution in [2.45, 2.75) is 20.4 Å². The van der Waals surface area contributed by atoms with E-state index in [1.54, 1.807) is 4.52 Å². The van der Waals surface area contributed by atoms with Crippen LogP contribution in [0.15, 0.2) is 36.5 Å². The summed E-state index contributed by atoms with van der Waals surface area (Å²) in [6, 6.07) is 9.84. The van der Waals surface area contributed by atoms with E-state index >= 15 is 0 Å². The van der Waals surface area contributed by atoms with Crippen molar-refractivity contribution in [3.8, 4) is 0 Å². The van der Waals surface area contributed by atoms with Gasteiger partial charge >= 0.3 is 0 Å². The first kappa shape index (κ1) is 12.5. The third-order valence-electron chi connectivity index (χ3n) is 3.19. The van der Waals surface area contributed by atoms with Crippen molar-refractivity contribution in [2.24, 2.45) is 0 Å². The SMILES string of the molecule is CCN(Cc1ccccn1)c1ccc2nnc(C)n2n1. The molecule has 6 heteroatoms. The Bertz CT molecular complexity index is 706. The third kappa shape index (κ3) is 2.32. The molecule has 0 radical (unpaired) electrons. The summed E-state index contributed by atoms with van der Waals surface area (Å²) in [5.41, 5.74) is 1.79. The van der Waals surface area contributed by atoms with Crippen molar-refractivity contribution in [1.82, 2.24) is 24.8 Å². The van der Waals surface area contributed by atoms with E-state index in [0.29, 0.717) is 0 Å². The molecule has 0 atom stereocenters. The van der Waals surface area contributed by atoms with Crippen LogP contribution in [0.3, 0.4) is 0 Å². The van der Waals surface area contributed by atoms with Crippen LogP contribution < -0.4 is 4.90 Å². The van der Waals surface area contributed by atoms with Crippen LogP contribution in [0.25, 0.3) is 5.65 Å². The van der Waals surface area contributed by atoms with Crippen LogP contribution in [0.4, 0.5) is 5.82 Å². The molecule has 0 N–H and O–H groups in total. The Morgan fingerprint density at radius 3 is 2.80 bits per heavy atom. The highest BCUT2D eigenvalue weighted by Gasteiger charge is 2.10. The van der Waals surface area contributed by atoms with E-state index in [0.717, 1.165) is 36.1 Å². The summed E-state index contributed by atoms with van der Waals surface area (Å²) in [4.78, 5) is 6.53. The van der Waals surface area contributed by atoms with Crippen molar-refractivity contribution >= 4 is 11.5 Å². The lowest BCUT2D eigenvalue weighted by Crippen LogP contribution is -2.24. The number of hydrogen-bond donors (Lipinski definition) is 0. The van der Waals surface area contributed by atoms with Crippen molar-refractivity contribution < 1.29 is 0 Å². The van der Waals surface area contributed by atoms with Gasteiger partial charge in [0.25, 0.3) is 0 Å². The van der Waals surface area contributed by atoms with Gasteiger partial charge in [-0.3, -0.25) is 4.98 Å². The molecule has 3 aromatic heterocycles. The number of rotatable bonds is 4. The van der Waals surface area contributed by atoms with E-state index < -0.39 is 0 Å². The van der Waals surface area contributed by atoms with E-state index in [4.69, 9.17) is 0 Å². The molecule has 0 aromatic carbocycles. The molecule has 0 amide bonds. The van der Waals surface area contributed by atoms with Crippen LogP contribution >= 0.6 is 0 Å². The number of aryl methyl sites for hydroxylation is 1. The Morgan fingerprint density at radius 1 is 1.15 bits per heavy atom. The van der Waals surface area contributed by atoms with Crippen LogP contribution in [0.5, 0.6) is 0 Å². The lowest BCUT2D eigenvalue weighted by molar-refractivity contribution is 0.762. The molecule has 0 aliphatic carbocycles. The second-order valence-corrected chi connectivity index (χ2v) is 4.54. The molecule has 6 nitrogen and oxygen atoms in total.